The molecular weight excluding hydrogens is 879 g/mol. The molecular formula is C36H67N17O13. The minimum atomic E-state index is -1.80. The fourth-order valence-electron chi connectivity index (χ4n) is 5.40. The first-order chi connectivity index (χ1) is 31.0. The zero-order valence-electron chi connectivity index (χ0n) is 36.9. The Morgan fingerprint density at radius 1 is 0.515 bits per heavy atom. The first kappa shape index (κ1) is 59.1. The van der Waals surface area contributed by atoms with Crippen LogP contribution in [0.2, 0.25) is 0 Å². The van der Waals surface area contributed by atoms with E-state index in [1.807, 2.05) is 0 Å². The number of carbonyl (C=O) groups excluding carboxylic acids is 9. The van der Waals surface area contributed by atoms with Gasteiger partial charge in [-0.2, -0.15) is 0 Å². The third-order valence-corrected chi connectivity index (χ3v) is 9.06. The van der Waals surface area contributed by atoms with Crippen molar-refractivity contribution in [3.8, 4) is 0 Å². The lowest BCUT2D eigenvalue weighted by atomic mass is 10.1. The van der Waals surface area contributed by atoms with Gasteiger partial charge in [0.1, 0.15) is 42.3 Å². The van der Waals surface area contributed by atoms with Crippen LogP contribution in [0.25, 0.3) is 0 Å². The van der Waals surface area contributed by atoms with Crippen molar-refractivity contribution in [1.29, 1.82) is 0 Å². The van der Waals surface area contributed by atoms with Gasteiger partial charge >= 0.3 is 5.97 Å². The molecule has 0 aliphatic carbocycles. The maximum absolute atomic E-state index is 13.8. The molecule has 0 bridgehead atoms. The van der Waals surface area contributed by atoms with E-state index < -0.39 is 134 Å². The highest BCUT2D eigenvalue weighted by molar-refractivity contribution is 5.98. The lowest BCUT2D eigenvalue weighted by Gasteiger charge is -2.27. The second-order valence-electron chi connectivity index (χ2n) is 14.7. The minimum Gasteiger partial charge on any atom is -0.480 e. The van der Waals surface area contributed by atoms with E-state index in [1.165, 1.54) is 13.8 Å². The minimum absolute atomic E-state index is 0.0312. The maximum Gasteiger partial charge on any atom is 0.325 e. The van der Waals surface area contributed by atoms with Crippen molar-refractivity contribution >= 4 is 71.1 Å². The number of aliphatic imine (C=N–C) groups is 2. The number of carbonyl (C=O) groups is 10. The van der Waals surface area contributed by atoms with E-state index in [0.29, 0.717) is 12.8 Å². The van der Waals surface area contributed by atoms with Crippen molar-refractivity contribution in [2.24, 2.45) is 50.1 Å². The van der Waals surface area contributed by atoms with Gasteiger partial charge < -0.3 is 98.0 Å². The lowest BCUT2D eigenvalue weighted by Crippen LogP contribution is -2.60. The Kier molecular flexibility index (Phi) is 28.5. The van der Waals surface area contributed by atoms with E-state index in [1.54, 1.807) is 0 Å². The number of primary amides is 1. The predicted molar refractivity (Wildman–Crippen MR) is 234 cm³/mol. The first-order valence-corrected chi connectivity index (χ1v) is 20.7. The number of carboxylic acids is 1. The summed E-state index contributed by atoms with van der Waals surface area (Å²) in [4.78, 5) is 135. The van der Waals surface area contributed by atoms with Gasteiger partial charge in [0.2, 0.25) is 53.2 Å². The molecule has 0 aromatic heterocycles. The van der Waals surface area contributed by atoms with Crippen LogP contribution in [0.4, 0.5) is 0 Å². The molecule has 25 N–H and O–H groups in total. The summed E-state index contributed by atoms with van der Waals surface area (Å²) in [7, 11) is 0. The standard InChI is InChI=1S/C36H67N17O13/c1-17(48-28(59)19(38)7-5-11-44-35(40)41)27(58)52-24(16-55)33(64)50-21(9-6-12-45-36(42)43)30(61)51-22(13-25(39)56)32(63)49-20(8-3-4-10-37)31(62)53-23(15-54)29(60)46-14-26(57)47-18(2)34(65)66/h17-24,54-55H,3-16,37-38H2,1-2H3,(H2,39,56)(H,46,60)(H,47,57)(H,48,59)(H,49,63)(H,50,64)(H,51,61)(H,52,58)(H,53,62)(H,65,66)(H4,40,41,44)(H4,42,43,45)/t17-,18-,19-,20-,21-,22-,23-,24-/m0/s1. The van der Waals surface area contributed by atoms with Crippen molar-refractivity contribution in [2.45, 2.75) is 114 Å². The van der Waals surface area contributed by atoms with Crippen LogP contribution < -0.4 is 82.7 Å². The van der Waals surface area contributed by atoms with E-state index in [-0.39, 0.29) is 63.7 Å². The van der Waals surface area contributed by atoms with Gasteiger partial charge in [-0.1, -0.05) is 0 Å². The largest absolute Gasteiger partial charge is 0.480 e. The summed E-state index contributed by atoms with van der Waals surface area (Å²) in [5.41, 5.74) is 38.1. The average Bonchev–Trinajstić information content (AvgIpc) is 3.24. The number of nitrogens with one attached hydrogen (secondary N) is 8. The molecule has 0 spiro atoms. The van der Waals surface area contributed by atoms with Crippen LogP contribution in [0.3, 0.4) is 0 Å². The van der Waals surface area contributed by atoms with E-state index in [0.717, 1.165) is 0 Å². The highest BCUT2D eigenvalue weighted by Gasteiger charge is 2.34. The van der Waals surface area contributed by atoms with E-state index in [2.05, 4.69) is 52.5 Å². The third-order valence-electron chi connectivity index (χ3n) is 9.06. The molecule has 0 aliphatic rings. The second-order valence-corrected chi connectivity index (χ2v) is 14.7. The maximum atomic E-state index is 13.8. The molecule has 0 fully saturated rings. The fourth-order valence-corrected chi connectivity index (χ4v) is 5.40. The molecule has 374 valence electrons. The topological polar surface area (TPSA) is 534 Å². The number of hydrogen-bond acceptors (Lipinski definition) is 16. The fraction of sp³-hybridized carbons (Fsp3) is 0.667. The highest BCUT2D eigenvalue weighted by Crippen LogP contribution is 2.07. The number of rotatable bonds is 33. The van der Waals surface area contributed by atoms with Gasteiger partial charge in [0, 0.05) is 13.1 Å². The summed E-state index contributed by atoms with van der Waals surface area (Å²) in [6.07, 6.45) is -0.0617. The van der Waals surface area contributed by atoms with Crippen molar-refractivity contribution < 1.29 is 63.3 Å². The number of amides is 9. The summed E-state index contributed by atoms with van der Waals surface area (Å²) in [5, 5.41) is 46.9. The molecule has 0 rings (SSSR count). The molecule has 0 aromatic rings. The summed E-state index contributed by atoms with van der Waals surface area (Å²) in [6.45, 7) is 0.0830. The number of aliphatic carboxylic acids is 1. The molecule has 8 atom stereocenters. The van der Waals surface area contributed by atoms with Crippen molar-refractivity contribution in [3.63, 3.8) is 0 Å². The van der Waals surface area contributed by atoms with Crippen LogP contribution in [0.5, 0.6) is 0 Å². The number of hydrogen-bond donors (Lipinski definition) is 18. The monoisotopic (exact) mass is 946 g/mol. The molecule has 0 heterocycles. The molecule has 0 radical (unpaired) electrons. The smallest absolute Gasteiger partial charge is 0.325 e. The summed E-state index contributed by atoms with van der Waals surface area (Å²) in [6, 6.07) is -11.8. The molecule has 9 amide bonds. The van der Waals surface area contributed by atoms with Crippen molar-refractivity contribution in [1.82, 2.24) is 42.5 Å². The molecule has 0 saturated heterocycles. The lowest BCUT2D eigenvalue weighted by molar-refractivity contribution is -0.141. The van der Waals surface area contributed by atoms with Gasteiger partial charge in [-0.3, -0.25) is 57.9 Å². The van der Waals surface area contributed by atoms with Crippen LogP contribution >= 0.6 is 0 Å². The Bertz CT molecular complexity index is 1730. The van der Waals surface area contributed by atoms with Crippen LogP contribution in [0.15, 0.2) is 9.98 Å². The van der Waals surface area contributed by atoms with Gasteiger partial charge in [-0.05, 0) is 65.3 Å². The summed E-state index contributed by atoms with van der Waals surface area (Å²) in [5.74, 6) is -10.8. The predicted octanol–water partition coefficient (Wildman–Crippen LogP) is -9.96. The molecule has 30 heteroatoms. The van der Waals surface area contributed by atoms with Crippen LogP contribution in [0, 0.1) is 0 Å². The number of nitrogens with zero attached hydrogens (tertiary/aromatic N) is 2. The van der Waals surface area contributed by atoms with Gasteiger partial charge in [0.05, 0.1) is 32.2 Å². The zero-order chi connectivity index (χ0) is 50.5. The Hall–Kier alpha value is -6.92. The average molecular weight is 946 g/mol. The highest BCUT2D eigenvalue weighted by atomic mass is 16.4. The van der Waals surface area contributed by atoms with Gasteiger partial charge in [0.25, 0.3) is 0 Å². The molecule has 0 aliphatic heterocycles. The van der Waals surface area contributed by atoms with Gasteiger partial charge in [-0.25, -0.2) is 0 Å². The van der Waals surface area contributed by atoms with E-state index >= 15 is 0 Å². The van der Waals surface area contributed by atoms with Gasteiger partial charge in [0.15, 0.2) is 11.9 Å². The summed E-state index contributed by atoms with van der Waals surface area (Å²) < 4.78 is 0. The SMILES string of the molecule is C[C@H](NC(=O)CNC(=O)[C@H](CO)NC(=O)[C@H](CCCCN)NC(=O)[C@H](CC(N)=O)NC(=O)[C@H](CCCN=C(N)N)NC(=O)[C@H](CO)NC(=O)[C@H](C)NC(=O)[C@@H](N)CCCN=C(N)N)C(=O)O. The number of guanidine groups is 2. The van der Waals surface area contributed by atoms with Crippen LogP contribution in [0.1, 0.15) is 65.2 Å². The first-order valence-electron chi connectivity index (χ1n) is 20.7. The van der Waals surface area contributed by atoms with Crippen LogP contribution in [-0.2, 0) is 47.9 Å². The number of nitrogens with two attached hydrogens (primary N) is 7. The molecule has 0 unspecified atom stereocenters. The number of aliphatic hydroxyl groups is 2. The molecule has 66 heavy (non-hydrogen) atoms. The zero-order valence-corrected chi connectivity index (χ0v) is 36.9. The van der Waals surface area contributed by atoms with Crippen molar-refractivity contribution in [3.05, 3.63) is 0 Å². The van der Waals surface area contributed by atoms with Crippen LogP contribution in [-0.4, -0.2) is 174 Å². The number of unbranched alkanes of at least 4 members (excludes halogenated alkanes) is 1. The summed E-state index contributed by atoms with van der Waals surface area (Å²) >= 11 is 0. The molecule has 0 saturated carbocycles. The third kappa shape index (κ3) is 24.8. The Morgan fingerprint density at radius 2 is 0.955 bits per heavy atom. The molecule has 0 aromatic carbocycles. The van der Waals surface area contributed by atoms with Gasteiger partial charge in [-0.15, -0.1) is 0 Å². The quantitative estimate of drug-likeness (QED) is 0.0165. The Labute approximate surface area is 379 Å². The van der Waals surface area contributed by atoms with Crippen molar-refractivity contribution in [2.75, 3.05) is 39.4 Å². The Morgan fingerprint density at radius 3 is 1.44 bits per heavy atom. The number of aliphatic hydroxyl groups excluding tert-OH is 2. The Balaban J connectivity index is 6.17. The molecule has 30 nitrogen and oxygen atoms in total. The second kappa shape index (κ2) is 31.9. The number of carboxylic acid groups (broad SMARTS) is 1. The van der Waals surface area contributed by atoms with E-state index in [9.17, 15) is 58.2 Å². The normalized spacial score (nSPS) is 14.3. The van der Waals surface area contributed by atoms with E-state index in [4.69, 9.17) is 45.2 Å².